The van der Waals surface area contributed by atoms with Gasteiger partial charge in [-0.1, -0.05) is 18.2 Å². The Labute approximate surface area is 116 Å². The van der Waals surface area contributed by atoms with E-state index in [0.717, 1.165) is 22.3 Å². The van der Waals surface area contributed by atoms with Crippen molar-refractivity contribution in [1.29, 1.82) is 0 Å². The second-order valence-corrected chi connectivity index (χ2v) is 4.94. The molecule has 4 rings (SSSR count). The third-order valence-electron chi connectivity index (χ3n) is 3.66. The van der Waals surface area contributed by atoms with Crippen LogP contribution in [-0.4, -0.2) is 15.0 Å². The van der Waals surface area contributed by atoms with Crippen LogP contribution in [0.1, 0.15) is 5.56 Å². The molecule has 0 spiro atoms. The molecule has 3 heteroatoms. The maximum Gasteiger partial charge on any atom is 0.0894 e. The Kier molecular flexibility index (Phi) is 2.33. The lowest BCUT2D eigenvalue weighted by Gasteiger charge is -2.02. The molecule has 3 nitrogen and oxygen atoms in total. The van der Waals surface area contributed by atoms with E-state index in [-0.39, 0.29) is 0 Å². The molecule has 1 aromatic carbocycles. The smallest absolute Gasteiger partial charge is 0.0894 e. The molecule has 0 unspecified atom stereocenters. The first-order chi connectivity index (χ1) is 9.83. The van der Waals surface area contributed by atoms with Crippen LogP contribution in [0.4, 0.5) is 0 Å². The highest BCUT2D eigenvalue weighted by Gasteiger charge is 2.09. The number of aromatic amines is 1. The topological polar surface area (TPSA) is 41.6 Å². The summed E-state index contributed by atoms with van der Waals surface area (Å²) in [5.41, 5.74) is 6.38. The number of aryl methyl sites for hydroxylation is 1. The largest absolute Gasteiger partial charge is 0.360 e. The SMILES string of the molecule is Cc1cccc2c(-c3ccc4ncccc4n3)c[nH]c12. The molecule has 0 saturated carbocycles. The lowest BCUT2D eigenvalue weighted by molar-refractivity contribution is 1.34. The Morgan fingerprint density at radius 2 is 1.90 bits per heavy atom. The molecule has 0 fully saturated rings. The van der Waals surface area contributed by atoms with Gasteiger partial charge in [-0.05, 0) is 36.8 Å². The first-order valence-electron chi connectivity index (χ1n) is 6.62. The summed E-state index contributed by atoms with van der Waals surface area (Å²) in [6, 6.07) is 14.3. The summed E-state index contributed by atoms with van der Waals surface area (Å²) in [6.45, 7) is 2.11. The second kappa shape index (κ2) is 4.17. The van der Waals surface area contributed by atoms with E-state index >= 15 is 0 Å². The number of rotatable bonds is 1. The molecule has 0 aliphatic carbocycles. The first-order valence-corrected chi connectivity index (χ1v) is 6.62. The number of benzene rings is 1. The van der Waals surface area contributed by atoms with Crippen molar-refractivity contribution in [3.05, 3.63) is 60.4 Å². The average Bonchev–Trinajstić information content (AvgIpc) is 2.92. The maximum atomic E-state index is 4.71. The fraction of sp³-hybridized carbons (Fsp3) is 0.0588. The van der Waals surface area contributed by atoms with Gasteiger partial charge in [0, 0.05) is 28.9 Å². The van der Waals surface area contributed by atoms with Crippen LogP contribution in [0.3, 0.4) is 0 Å². The van der Waals surface area contributed by atoms with E-state index in [1.807, 2.05) is 30.5 Å². The Morgan fingerprint density at radius 3 is 2.85 bits per heavy atom. The molecule has 1 N–H and O–H groups in total. The number of aromatic nitrogens is 3. The van der Waals surface area contributed by atoms with Gasteiger partial charge in [0.1, 0.15) is 0 Å². The summed E-state index contributed by atoms with van der Waals surface area (Å²) in [5, 5.41) is 1.21. The number of hydrogen-bond acceptors (Lipinski definition) is 2. The summed E-state index contributed by atoms with van der Waals surface area (Å²) in [5.74, 6) is 0. The lowest BCUT2D eigenvalue weighted by atomic mass is 10.1. The van der Waals surface area contributed by atoms with E-state index in [2.05, 4.69) is 35.1 Å². The third-order valence-corrected chi connectivity index (χ3v) is 3.66. The van der Waals surface area contributed by atoms with Crippen LogP contribution >= 0.6 is 0 Å². The van der Waals surface area contributed by atoms with Gasteiger partial charge in [-0.25, -0.2) is 4.98 Å². The van der Waals surface area contributed by atoms with Crippen molar-refractivity contribution in [1.82, 2.24) is 15.0 Å². The van der Waals surface area contributed by atoms with Crippen LogP contribution in [0.5, 0.6) is 0 Å². The minimum absolute atomic E-state index is 0.923. The lowest BCUT2D eigenvalue weighted by Crippen LogP contribution is -1.86. The summed E-state index contributed by atoms with van der Waals surface area (Å²) < 4.78 is 0. The van der Waals surface area contributed by atoms with Gasteiger partial charge >= 0.3 is 0 Å². The number of para-hydroxylation sites is 1. The number of pyridine rings is 2. The molecule has 0 saturated heterocycles. The van der Waals surface area contributed by atoms with Crippen molar-refractivity contribution in [3.8, 4) is 11.3 Å². The van der Waals surface area contributed by atoms with Crippen molar-refractivity contribution >= 4 is 21.9 Å². The van der Waals surface area contributed by atoms with E-state index in [0.29, 0.717) is 0 Å². The van der Waals surface area contributed by atoms with Gasteiger partial charge in [-0.3, -0.25) is 4.98 Å². The number of nitrogens with one attached hydrogen (secondary N) is 1. The highest BCUT2D eigenvalue weighted by Crippen LogP contribution is 2.29. The van der Waals surface area contributed by atoms with E-state index in [1.165, 1.54) is 16.5 Å². The molecule has 96 valence electrons. The van der Waals surface area contributed by atoms with Gasteiger partial charge in [0.05, 0.1) is 16.7 Å². The normalized spacial score (nSPS) is 11.2. The fourth-order valence-corrected chi connectivity index (χ4v) is 2.62. The van der Waals surface area contributed by atoms with Crippen LogP contribution in [0.25, 0.3) is 33.2 Å². The molecule has 0 radical (unpaired) electrons. The molecule has 3 heterocycles. The van der Waals surface area contributed by atoms with E-state index in [4.69, 9.17) is 4.98 Å². The van der Waals surface area contributed by atoms with Gasteiger partial charge in [-0.15, -0.1) is 0 Å². The molecule has 0 atom stereocenters. The Hall–Kier alpha value is -2.68. The molecule has 20 heavy (non-hydrogen) atoms. The highest BCUT2D eigenvalue weighted by molar-refractivity contribution is 5.97. The van der Waals surface area contributed by atoms with E-state index < -0.39 is 0 Å². The quantitative estimate of drug-likeness (QED) is 0.559. The zero-order valence-corrected chi connectivity index (χ0v) is 11.1. The maximum absolute atomic E-state index is 4.71. The standard InChI is InChI=1S/C17H13N3/c1-11-4-2-5-12-13(10-19-17(11)12)14-7-8-15-16(20-14)6-3-9-18-15/h2-10,19H,1H3. The van der Waals surface area contributed by atoms with Crippen molar-refractivity contribution < 1.29 is 0 Å². The Bertz CT molecular complexity index is 922. The molecule has 3 aromatic heterocycles. The van der Waals surface area contributed by atoms with E-state index in [1.54, 1.807) is 6.20 Å². The number of H-pyrrole nitrogens is 1. The number of hydrogen-bond donors (Lipinski definition) is 1. The third kappa shape index (κ3) is 1.60. The second-order valence-electron chi connectivity index (χ2n) is 4.94. The zero-order valence-electron chi connectivity index (χ0n) is 11.1. The van der Waals surface area contributed by atoms with Crippen molar-refractivity contribution in [2.24, 2.45) is 0 Å². The zero-order chi connectivity index (χ0) is 13.5. The van der Waals surface area contributed by atoms with Crippen LogP contribution < -0.4 is 0 Å². The molecule has 0 amide bonds. The fourth-order valence-electron chi connectivity index (χ4n) is 2.62. The minimum Gasteiger partial charge on any atom is -0.360 e. The van der Waals surface area contributed by atoms with Gasteiger partial charge < -0.3 is 4.98 Å². The molecular formula is C17H13N3. The summed E-state index contributed by atoms with van der Waals surface area (Å²) in [7, 11) is 0. The van der Waals surface area contributed by atoms with Crippen molar-refractivity contribution in [3.63, 3.8) is 0 Å². The highest BCUT2D eigenvalue weighted by atomic mass is 14.8. The van der Waals surface area contributed by atoms with Crippen molar-refractivity contribution in [2.75, 3.05) is 0 Å². The van der Waals surface area contributed by atoms with Crippen molar-refractivity contribution in [2.45, 2.75) is 6.92 Å². The minimum atomic E-state index is 0.923. The molecule has 0 aliphatic heterocycles. The molecular weight excluding hydrogens is 246 g/mol. The first kappa shape index (κ1) is 11.2. The predicted molar refractivity (Wildman–Crippen MR) is 81.6 cm³/mol. The van der Waals surface area contributed by atoms with Crippen LogP contribution in [0.15, 0.2) is 54.9 Å². The molecule has 0 aliphatic rings. The molecule has 4 aromatic rings. The Balaban J connectivity index is 1.99. The average molecular weight is 259 g/mol. The molecule has 0 bridgehead atoms. The summed E-state index contributed by atoms with van der Waals surface area (Å²) in [4.78, 5) is 12.4. The summed E-state index contributed by atoms with van der Waals surface area (Å²) >= 11 is 0. The van der Waals surface area contributed by atoms with Crippen LogP contribution in [0.2, 0.25) is 0 Å². The van der Waals surface area contributed by atoms with Gasteiger partial charge in [0.15, 0.2) is 0 Å². The monoisotopic (exact) mass is 259 g/mol. The predicted octanol–water partition coefficient (Wildman–Crippen LogP) is 4.09. The number of nitrogens with zero attached hydrogens (tertiary/aromatic N) is 2. The van der Waals surface area contributed by atoms with Crippen LogP contribution in [0, 0.1) is 6.92 Å². The van der Waals surface area contributed by atoms with Gasteiger partial charge in [0.25, 0.3) is 0 Å². The summed E-state index contributed by atoms with van der Waals surface area (Å²) in [6.07, 6.45) is 3.82. The van der Waals surface area contributed by atoms with Gasteiger partial charge in [0.2, 0.25) is 0 Å². The number of fused-ring (bicyclic) bond motifs is 2. The Morgan fingerprint density at radius 1 is 0.950 bits per heavy atom. The van der Waals surface area contributed by atoms with Crippen LogP contribution in [-0.2, 0) is 0 Å². The van der Waals surface area contributed by atoms with E-state index in [9.17, 15) is 0 Å². The van der Waals surface area contributed by atoms with Gasteiger partial charge in [-0.2, -0.15) is 0 Å².